The van der Waals surface area contributed by atoms with Gasteiger partial charge < -0.3 is 15.6 Å². The van der Waals surface area contributed by atoms with Crippen LogP contribution in [0.2, 0.25) is 15.2 Å². The molecule has 0 aliphatic heterocycles. The van der Waals surface area contributed by atoms with E-state index in [0.717, 1.165) is 0 Å². The molecule has 2 rings (SSSR count). The smallest absolute Gasteiger partial charge is 0.291 e. The van der Waals surface area contributed by atoms with Crippen LogP contribution in [0, 0.1) is 0 Å². The summed E-state index contributed by atoms with van der Waals surface area (Å²) in [5.41, 5.74) is 8.13. The minimum absolute atomic E-state index is 0.0320. The van der Waals surface area contributed by atoms with Crippen LogP contribution >= 0.6 is 34.8 Å². The summed E-state index contributed by atoms with van der Waals surface area (Å²) < 4.78 is 4.92. The Bertz CT molecular complexity index is 827. The zero-order valence-corrected chi connectivity index (χ0v) is 14.4. The van der Waals surface area contributed by atoms with Crippen molar-refractivity contribution in [2.45, 2.75) is 0 Å². The molecule has 1 aromatic carbocycles. The number of amides is 1. The number of hydrogen-bond acceptors (Lipinski definition) is 6. The Morgan fingerprint density at radius 1 is 1.38 bits per heavy atom. The first-order valence-electron chi connectivity index (χ1n) is 6.35. The number of nitrogens with one attached hydrogen (secondary N) is 1. The highest BCUT2D eigenvalue weighted by molar-refractivity contribution is 6.46. The number of phenols is 1. The summed E-state index contributed by atoms with van der Waals surface area (Å²) in [6, 6.07) is 4.60. The van der Waals surface area contributed by atoms with Crippen LogP contribution in [0.15, 0.2) is 23.3 Å². The second-order valence-electron chi connectivity index (χ2n) is 4.42. The first-order chi connectivity index (χ1) is 11.3. The van der Waals surface area contributed by atoms with Crippen molar-refractivity contribution in [3.8, 4) is 11.5 Å². The molecule has 0 spiro atoms. The first-order valence-corrected chi connectivity index (χ1v) is 7.49. The van der Waals surface area contributed by atoms with Crippen molar-refractivity contribution in [3.05, 3.63) is 44.7 Å². The molecule has 0 aliphatic rings. The summed E-state index contributed by atoms with van der Waals surface area (Å²) >= 11 is 17.5. The molecule has 126 valence electrons. The number of carbonyl (C=O) groups excluding carboxylic acids is 1. The highest BCUT2D eigenvalue weighted by Gasteiger charge is 2.19. The lowest BCUT2D eigenvalue weighted by Gasteiger charge is -2.07. The van der Waals surface area contributed by atoms with Gasteiger partial charge in [0, 0.05) is 0 Å². The first kappa shape index (κ1) is 18.1. The number of nitrogens with zero attached hydrogens (tertiary/aromatic N) is 2. The van der Waals surface area contributed by atoms with E-state index in [9.17, 15) is 9.90 Å². The van der Waals surface area contributed by atoms with E-state index in [1.165, 1.54) is 19.4 Å². The number of aromatic hydroxyl groups is 1. The summed E-state index contributed by atoms with van der Waals surface area (Å²) in [5.74, 6) is -0.465. The molecule has 0 fully saturated rings. The SMILES string of the molecule is COc1ccc(/C=N\NC(=O)c2nc(Cl)c(Cl)c(N)c2Cl)cc1O. The lowest BCUT2D eigenvalue weighted by atomic mass is 10.2. The van der Waals surface area contributed by atoms with E-state index in [1.54, 1.807) is 12.1 Å². The van der Waals surface area contributed by atoms with Crippen molar-refractivity contribution in [1.82, 2.24) is 10.4 Å². The fraction of sp³-hybridized carbons (Fsp3) is 0.0714. The van der Waals surface area contributed by atoms with Crippen molar-refractivity contribution in [2.24, 2.45) is 5.10 Å². The van der Waals surface area contributed by atoms with Crippen LogP contribution < -0.4 is 15.9 Å². The third kappa shape index (κ3) is 3.81. The number of pyridine rings is 1. The number of halogens is 3. The van der Waals surface area contributed by atoms with Gasteiger partial charge in [0.2, 0.25) is 0 Å². The number of nitrogen functional groups attached to an aromatic ring is 1. The molecule has 0 unspecified atom stereocenters. The molecule has 10 heteroatoms. The number of anilines is 1. The number of aromatic nitrogens is 1. The predicted molar refractivity (Wildman–Crippen MR) is 93.4 cm³/mol. The van der Waals surface area contributed by atoms with Crippen molar-refractivity contribution < 1.29 is 14.6 Å². The van der Waals surface area contributed by atoms with Gasteiger partial charge in [-0.1, -0.05) is 34.8 Å². The van der Waals surface area contributed by atoms with Gasteiger partial charge >= 0.3 is 0 Å². The molecule has 0 saturated heterocycles. The summed E-state index contributed by atoms with van der Waals surface area (Å²) in [5, 5.41) is 13.1. The number of phenolic OH excluding ortho intramolecular Hbond substituents is 1. The molecule has 24 heavy (non-hydrogen) atoms. The number of hydrazone groups is 1. The quantitative estimate of drug-likeness (QED) is 0.423. The summed E-state index contributed by atoms with van der Waals surface area (Å²) in [4.78, 5) is 15.8. The van der Waals surface area contributed by atoms with Crippen LogP contribution in [0.3, 0.4) is 0 Å². The Morgan fingerprint density at radius 3 is 2.71 bits per heavy atom. The molecule has 1 aromatic heterocycles. The second-order valence-corrected chi connectivity index (χ2v) is 5.54. The number of benzene rings is 1. The van der Waals surface area contributed by atoms with Gasteiger partial charge in [-0.05, 0) is 23.8 Å². The maximum absolute atomic E-state index is 12.0. The largest absolute Gasteiger partial charge is 0.504 e. The summed E-state index contributed by atoms with van der Waals surface area (Å²) in [6.45, 7) is 0. The van der Waals surface area contributed by atoms with Crippen LogP contribution in [-0.2, 0) is 0 Å². The molecule has 0 aliphatic carbocycles. The molecular weight excluding hydrogens is 379 g/mol. The molecule has 7 nitrogen and oxygen atoms in total. The van der Waals surface area contributed by atoms with Crippen LogP contribution in [0.25, 0.3) is 0 Å². The highest BCUT2D eigenvalue weighted by Crippen LogP contribution is 2.34. The molecule has 0 saturated carbocycles. The van der Waals surface area contributed by atoms with Gasteiger partial charge in [0.05, 0.1) is 24.0 Å². The van der Waals surface area contributed by atoms with E-state index < -0.39 is 5.91 Å². The van der Waals surface area contributed by atoms with E-state index in [4.69, 9.17) is 45.3 Å². The van der Waals surface area contributed by atoms with Gasteiger partial charge in [-0.25, -0.2) is 10.4 Å². The van der Waals surface area contributed by atoms with Gasteiger partial charge in [0.15, 0.2) is 22.3 Å². The monoisotopic (exact) mass is 388 g/mol. The number of nitrogens with two attached hydrogens (primary N) is 1. The molecule has 0 bridgehead atoms. The zero-order valence-electron chi connectivity index (χ0n) is 12.2. The van der Waals surface area contributed by atoms with Gasteiger partial charge in [-0.3, -0.25) is 4.79 Å². The highest BCUT2D eigenvalue weighted by atomic mass is 35.5. The Hall–Kier alpha value is -2.22. The van der Waals surface area contributed by atoms with Crippen LogP contribution in [0.1, 0.15) is 16.1 Å². The summed E-state index contributed by atoms with van der Waals surface area (Å²) in [6.07, 6.45) is 1.31. The minimum atomic E-state index is -0.723. The maximum Gasteiger partial charge on any atom is 0.291 e. The normalized spacial score (nSPS) is 10.8. The fourth-order valence-electron chi connectivity index (χ4n) is 1.69. The lowest BCUT2D eigenvalue weighted by Crippen LogP contribution is -2.20. The fourth-order valence-corrected chi connectivity index (χ4v) is 2.28. The predicted octanol–water partition coefficient (Wildman–Crippen LogP) is 3.10. The molecule has 1 heterocycles. The Labute approximate surface area is 152 Å². The molecule has 0 atom stereocenters. The average molecular weight is 390 g/mol. The van der Waals surface area contributed by atoms with E-state index in [0.29, 0.717) is 11.3 Å². The molecular formula is C14H11Cl3N4O3. The number of rotatable bonds is 4. The van der Waals surface area contributed by atoms with E-state index >= 15 is 0 Å². The van der Waals surface area contributed by atoms with Gasteiger partial charge in [-0.15, -0.1) is 0 Å². The Morgan fingerprint density at radius 2 is 2.08 bits per heavy atom. The van der Waals surface area contributed by atoms with E-state index in [1.807, 2.05) is 0 Å². The Balaban J connectivity index is 2.15. The standard InChI is InChI=1S/C14H11Cl3N4O3/c1-24-8-3-2-6(4-7(8)22)5-19-21-14(23)12-9(15)11(18)10(16)13(17)20-12/h2-5,22H,1H3,(H2,18,20)(H,21,23)/b19-5-. The minimum Gasteiger partial charge on any atom is -0.504 e. The molecule has 1 amide bonds. The van der Waals surface area contributed by atoms with Crippen molar-refractivity contribution in [2.75, 3.05) is 12.8 Å². The van der Waals surface area contributed by atoms with Crippen LogP contribution in [-0.4, -0.2) is 29.3 Å². The molecule has 2 aromatic rings. The Kier molecular flexibility index (Phi) is 5.71. The van der Waals surface area contributed by atoms with Crippen molar-refractivity contribution in [3.63, 3.8) is 0 Å². The number of ether oxygens (including phenoxy) is 1. The van der Waals surface area contributed by atoms with Gasteiger partial charge in [0.25, 0.3) is 5.91 Å². The topological polar surface area (TPSA) is 110 Å². The number of carbonyl (C=O) groups is 1. The third-order valence-corrected chi connectivity index (χ3v) is 4.01. The maximum atomic E-state index is 12.0. The summed E-state index contributed by atoms with van der Waals surface area (Å²) in [7, 11) is 1.43. The van der Waals surface area contributed by atoms with Gasteiger partial charge in [0.1, 0.15) is 5.02 Å². The number of methoxy groups -OCH3 is 1. The zero-order chi connectivity index (χ0) is 17.9. The lowest BCUT2D eigenvalue weighted by molar-refractivity contribution is 0.0950. The van der Waals surface area contributed by atoms with Gasteiger partial charge in [-0.2, -0.15) is 5.10 Å². The second kappa shape index (κ2) is 7.57. The average Bonchev–Trinajstić information content (AvgIpc) is 2.56. The number of hydrogen-bond donors (Lipinski definition) is 3. The molecule has 4 N–H and O–H groups in total. The van der Waals surface area contributed by atoms with E-state index in [2.05, 4.69) is 15.5 Å². The van der Waals surface area contributed by atoms with E-state index in [-0.39, 0.29) is 32.3 Å². The third-order valence-electron chi connectivity index (χ3n) is 2.87. The van der Waals surface area contributed by atoms with Crippen LogP contribution in [0.5, 0.6) is 11.5 Å². The van der Waals surface area contributed by atoms with Crippen LogP contribution in [0.4, 0.5) is 5.69 Å². The van der Waals surface area contributed by atoms with Crippen molar-refractivity contribution in [1.29, 1.82) is 0 Å². The molecule has 0 radical (unpaired) electrons. The van der Waals surface area contributed by atoms with Crippen molar-refractivity contribution >= 4 is 52.6 Å².